The van der Waals surface area contributed by atoms with Gasteiger partial charge >= 0.3 is 0 Å². The molecule has 0 aliphatic rings. The van der Waals surface area contributed by atoms with E-state index in [1.165, 1.54) is 16.0 Å². The molecule has 0 nitrogen and oxygen atoms in total. The number of aryl methyl sites for hydroxylation is 1. The monoisotopic (exact) mass is 229 g/mol. The van der Waals surface area contributed by atoms with Gasteiger partial charge in [0.15, 0.2) is 0 Å². The molecule has 3 heteroatoms. The fourth-order valence-electron chi connectivity index (χ4n) is 1.28. The average molecular weight is 229 g/mol. The Kier molecular flexibility index (Phi) is 4.74. The van der Waals surface area contributed by atoms with Crippen LogP contribution in [0.15, 0.2) is 40.6 Å². The Bertz CT molecular complexity index is 407. The Morgan fingerprint density at radius 2 is 2.00 bits per heavy atom. The Hall–Kier alpha value is 0.270. The maximum atomic E-state index is 4.44. The van der Waals surface area contributed by atoms with Crippen molar-refractivity contribution in [2.75, 3.05) is 0 Å². The van der Waals surface area contributed by atoms with Crippen LogP contribution in [-0.4, -0.2) is 29.6 Å². The number of benzene rings is 1. The first-order valence-corrected chi connectivity index (χ1v) is 5.43. The zero-order valence-electron chi connectivity index (χ0n) is 8.32. The molecule has 0 saturated heterocycles. The minimum atomic E-state index is 0. The van der Waals surface area contributed by atoms with Gasteiger partial charge in [-0.1, -0.05) is 17.7 Å². The van der Waals surface area contributed by atoms with Gasteiger partial charge < -0.3 is 0 Å². The molecule has 1 radical (unpaired) electrons. The van der Waals surface area contributed by atoms with Crippen LogP contribution < -0.4 is 0 Å². The van der Waals surface area contributed by atoms with E-state index in [0.717, 1.165) is 4.90 Å². The van der Waals surface area contributed by atoms with Gasteiger partial charge in [-0.15, -0.1) is 24.0 Å². The molecule has 0 atom stereocenters. The molecule has 0 amide bonds. The average Bonchev–Trinajstić information content (AvgIpc) is 2.61. The zero-order valence-corrected chi connectivity index (χ0v) is 12.0. The van der Waals surface area contributed by atoms with Crippen molar-refractivity contribution in [2.45, 2.75) is 11.8 Å². The third kappa shape index (κ3) is 2.65. The summed E-state index contributed by atoms with van der Waals surface area (Å²) in [4.78, 5) is 2.33. The molecule has 0 saturated carbocycles. The summed E-state index contributed by atoms with van der Waals surface area (Å²) in [7, 11) is 0. The van der Waals surface area contributed by atoms with Crippen molar-refractivity contribution >= 4 is 53.5 Å². The maximum absolute atomic E-state index is 4.44. The minimum Gasteiger partial charge on any atom is -0.144 e. The van der Waals surface area contributed by atoms with E-state index < -0.39 is 0 Å². The molecule has 1 aromatic heterocycles. The van der Waals surface area contributed by atoms with Gasteiger partial charge in [-0.05, 0) is 30.5 Å². The molecule has 0 aliphatic heterocycles. The van der Waals surface area contributed by atoms with Crippen LogP contribution >= 0.6 is 24.0 Å². The predicted octanol–water partition coefficient (Wildman–Crippen LogP) is 3.63. The van der Waals surface area contributed by atoms with Crippen LogP contribution in [0.4, 0.5) is 0 Å². The van der Waals surface area contributed by atoms with Gasteiger partial charge in [0.05, 0.1) is 0 Å². The zero-order chi connectivity index (χ0) is 9.26. The Morgan fingerprint density at radius 1 is 1.21 bits per heavy atom. The summed E-state index contributed by atoms with van der Waals surface area (Å²) in [5, 5.41) is 2.09. The molecular weight excluding hydrogens is 219 g/mol. The molecule has 0 aliphatic carbocycles. The summed E-state index contributed by atoms with van der Waals surface area (Å²) in [6, 6.07) is 10.5. The number of thiophene rings is 1. The number of hydrogen-bond acceptors (Lipinski definition) is 2. The molecule has 0 fully saturated rings. The summed E-state index contributed by atoms with van der Waals surface area (Å²) >= 11 is 6.19. The van der Waals surface area contributed by atoms with E-state index >= 15 is 0 Å². The summed E-state index contributed by atoms with van der Waals surface area (Å²) in [6.07, 6.45) is 0. The van der Waals surface area contributed by atoms with Gasteiger partial charge in [0.25, 0.3) is 0 Å². The quantitative estimate of drug-likeness (QED) is 0.560. The molecule has 2 aromatic rings. The van der Waals surface area contributed by atoms with Gasteiger partial charge in [0, 0.05) is 44.9 Å². The molecule has 0 spiro atoms. The van der Waals surface area contributed by atoms with Crippen molar-refractivity contribution in [1.29, 1.82) is 0 Å². The normalized spacial score (nSPS) is 9.57. The first kappa shape index (κ1) is 12.3. The molecule has 0 bridgehead atoms. The third-order valence-electron chi connectivity index (χ3n) is 1.94. The van der Waals surface area contributed by atoms with Crippen LogP contribution in [0.3, 0.4) is 0 Å². The van der Waals surface area contributed by atoms with Crippen molar-refractivity contribution in [3.05, 3.63) is 41.3 Å². The smallest absolute Gasteiger partial charge is 0.0353 e. The van der Waals surface area contributed by atoms with E-state index in [1.54, 1.807) is 11.3 Å². The minimum absolute atomic E-state index is 0. The first-order valence-electron chi connectivity index (χ1n) is 4.11. The predicted molar refractivity (Wildman–Crippen MR) is 67.5 cm³/mol. The van der Waals surface area contributed by atoms with Crippen LogP contribution in [0.2, 0.25) is 0 Å². The van der Waals surface area contributed by atoms with E-state index in [4.69, 9.17) is 0 Å². The summed E-state index contributed by atoms with van der Waals surface area (Å²) in [5.41, 5.74) is 2.51. The largest absolute Gasteiger partial charge is 0.144 e. The fraction of sp³-hybridized carbons (Fsp3) is 0.0909. The summed E-state index contributed by atoms with van der Waals surface area (Å²) < 4.78 is 0. The van der Waals surface area contributed by atoms with Gasteiger partial charge in [-0.2, -0.15) is 0 Å². The third-order valence-corrected chi connectivity index (χ3v) is 3.23. The van der Waals surface area contributed by atoms with Gasteiger partial charge in [-0.3, -0.25) is 0 Å². The molecular formula is C11H10NaS2. The van der Waals surface area contributed by atoms with Gasteiger partial charge in [0.1, 0.15) is 0 Å². The molecule has 1 heterocycles. The van der Waals surface area contributed by atoms with Crippen LogP contribution in [0.5, 0.6) is 0 Å². The van der Waals surface area contributed by atoms with Gasteiger partial charge in [0.2, 0.25) is 0 Å². The maximum Gasteiger partial charge on any atom is 0.0353 e. The molecule has 1 aromatic carbocycles. The van der Waals surface area contributed by atoms with E-state index in [0.29, 0.717) is 0 Å². The fourth-order valence-corrected chi connectivity index (χ4v) is 2.37. The Morgan fingerprint density at radius 3 is 2.64 bits per heavy atom. The van der Waals surface area contributed by atoms with E-state index in [-0.39, 0.29) is 29.6 Å². The molecule has 67 valence electrons. The molecule has 0 unspecified atom stereocenters. The van der Waals surface area contributed by atoms with Crippen LogP contribution in [-0.2, 0) is 0 Å². The number of rotatable bonds is 1. The van der Waals surface area contributed by atoms with Crippen LogP contribution in [0.1, 0.15) is 5.56 Å². The van der Waals surface area contributed by atoms with E-state index in [9.17, 15) is 0 Å². The van der Waals surface area contributed by atoms with Crippen molar-refractivity contribution in [3.63, 3.8) is 0 Å². The van der Waals surface area contributed by atoms with Crippen molar-refractivity contribution in [3.8, 4) is 10.4 Å². The van der Waals surface area contributed by atoms with Gasteiger partial charge in [-0.25, -0.2) is 0 Å². The Labute approximate surface area is 116 Å². The second kappa shape index (κ2) is 5.38. The number of hydrogen-bond donors (Lipinski definition) is 1. The van der Waals surface area contributed by atoms with Crippen molar-refractivity contribution in [2.24, 2.45) is 0 Å². The summed E-state index contributed by atoms with van der Waals surface area (Å²) in [5.74, 6) is 0. The molecule has 14 heavy (non-hydrogen) atoms. The van der Waals surface area contributed by atoms with Crippen molar-refractivity contribution in [1.82, 2.24) is 0 Å². The standard InChI is InChI=1S/C11H10S2.Na/c1-8-4-5-10(12)9(7-8)11-3-2-6-13-11;/h2-7,12H,1H3;. The van der Waals surface area contributed by atoms with E-state index in [2.05, 4.69) is 49.2 Å². The Balaban J connectivity index is 0.000000980. The topological polar surface area (TPSA) is 0 Å². The molecule has 0 N–H and O–H groups in total. The summed E-state index contributed by atoms with van der Waals surface area (Å²) in [6.45, 7) is 2.10. The van der Waals surface area contributed by atoms with Crippen molar-refractivity contribution < 1.29 is 0 Å². The second-order valence-electron chi connectivity index (χ2n) is 3.00. The van der Waals surface area contributed by atoms with Crippen LogP contribution in [0.25, 0.3) is 10.4 Å². The number of thiol groups is 1. The van der Waals surface area contributed by atoms with E-state index in [1.807, 2.05) is 6.07 Å². The SMILES string of the molecule is Cc1ccc(S)c(-c2cccs2)c1.[Na]. The first-order chi connectivity index (χ1) is 6.27. The van der Waals surface area contributed by atoms with Crippen LogP contribution in [0, 0.1) is 6.92 Å². The molecule has 2 rings (SSSR count). The second-order valence-corrected chi connectivity index (χ2v) is 4.43.